The second kappa shape index (κ2) is 4.92. The number of carboxylic acid groups (broad SMARTS) is 1. The third kappa shape index (κ3) is 3.32. The Morgan fingerprint density at radius 2 is 2.16 bits per heavy atom. The molecule has 0 unspecified atom stereocenters. The molecule has 1 aromatic rings. The minimum Gasteiger partial charge on any atom is -0.481 e. The molecular formula is C13H18N2O3S. The molecule has 1 aliphatic carbocycles. The van der Waals surface area contributed by atoms with E-state index in [1.165, 1.54) is 11.3 Å². The van der Waals surface area contributed by atoms with Crippen molar-refractivity contribution >= 4 is 23.2 Å². The van der Waals surface area contributed by atoms with Gasteiger partial charge >= 0.3 is 5.97 Å². The molecule has 104 valence electrons. The Morgan fingerprint density at radius 1 is 1.47 bits per heavy atom. The Balaban J connectivity index is 1.85. The summed E-state index contributed by atoms with van der Waals surface area (Å²) in [5.74, 6) is -1.93. The maximum absolute atomic E-state index is 11.7. The van der Waals surface area contributed by atoms with E-state index >= 15 is 0 Å². The van der Waals surface area contributed by atoms with Crippen molar-refractivity contribution in [2.24, 2.45) is 11.8 Å². The van der Waals surface area contributed by atoms with Crippen LogP contribution in [-0.4, -0.2) is 22.0 Å². The molecule has 5 nitrogen and oxygen atoms in total. The zero-order valence-electron chi connectivity index (χ0n) is 11.3. The molecule has 0 saturated heterocycles. The van der Waals surface area contributed by atoms with Crippen LogP contribution in [0.5, 0.6) is 0 Å². The van der Waals surface area contributed by atoms with E-state index in [1.54, 1.807) is 0 Å². The maximum atomic E-state index is 11.7. The lowest BCUT2D eigenvalue weighted by molar-refractivity contribution is -0.140. The monoisotopic (exact) mass is 282 g/mol. The van der Waals surface area contributed by atoms with Gasteiger partial charge in [0.1, 0.15) is 5.01 Å². The van der Waals surface area contributed by atoms with Gasteiger partial charge in [-0.05, 0) is 6.42 Å². The van der Waals surface area contributed by atoms with Crippen LogP contribution in [0, 0.1) is 11.8 Å². The number of thiazole rings is 1. The van der Waals surface area contributed by atoms with Crippen LogP contribution in [-0.2, 0) is 21.5 Å². The average Bonchev–Trinajstić information content (AvgIpc) is 2.96. The number of hydrogen-bond donors (Lipinski definition) is 2. The predicted octanol–water partition coefficient (Wildman–Crippen LogP) is 1.78. The fourth-order valence-electron chi connectivity index (χ4n) is 1.79. The van der Waals surface area contributed by atoms with Crippen molar-refractivity contribution in [1.82, 2.24) is 10.3 Å². The summed E-state index contributed by atoms with van der Waals surface area (Å²) in [4.78, 5) is 26.8. The highest BCUT2D eigenvalue weighted by Crippen LogP contribution is 2.38. The average molecular weight is 282 g/mol. The van der Waals surface area contributed by atoms with E-state index in [-0.39, 0.29) is 17.2 Å². The molecule has 0 spiro atoms. The lowest BCUT2D eigenvalue weighted by Gasteiger charge is -2.14. The number of nitrogens with one attached hydrogen (secondary N) is 1. The fraction of sp³-hybridized carbons (Fsp3) is 0.615. The van der Waals surface area contributed by atoms with Crippen LogP contribution in [0.25, 0.3) is 0 Å². The number of carbonyl (C=O) groups is 2. The number of carboxylic acids is 1. The molecule has 2 atom stereocenters. The van der Waals surface area contributed by atoms with Crippen LogP contribution < -0.4 is 5.32 Å². The molecule has 1 aliphatic rings. The first-order chi connectivity index (χ1) is 8.79. The van der Waals surface area contributed by atoms with Crippen molar-refractivity contribution < 1.29 is 14.7 Å². The lowest BCUT2D eigenvalue weighted by Crippen LogP contribution is -2.26. The number of amides is 1. The van der Waals surface area contributed by atoms with Gasteiger partial charge in [-0.15, -0.1) is 11.3 Å². The van der Waals surface area contributed by atoms with Gasteiger partial charge in [0.25, 0.3) is 0 Å². The molecule has 2 N–H and O–H groups in total. The van der Waals surface area contributed by atoms with Gasteiger partial charge in [-0.3, -0.25) is 9.59 Å². The first-order valence-corrected chi connectivity index (χ1v) is 7.12. The smallest absolute Gasteiger partial charge is 0.307 e. The van der Waals surface area contributed by atoms with Gasteiger partial charge in [0.2, 0.25) is 5.91 Å². The molecule has 0 aliphatic heterocycles. The van der Waals surface area contributed by atoms with Gasteiger partial charge in [-0.25, -0.2) is 4.98 Å². The Morgan fingerprint density at radius 3 is 2.63 bits per heavy atom. The third-order valence-electron chi connectivity index (χ3n) is 3.18. The zero-order chi connectivity index (χ0) is 14.2. The molecule has 1 fully saturated rings. The van der Waals surface area contributed by atoms with Gasteiger partial charge < -0.3 is 10.4 Å². The predicted molar refractivity (Wildman–Crippen MR) is 71.9 cm³/mol. The van der Waals surface area contributed by atoms with Crippen molar-refractivity contribution in [3.05, 3.63) is 16.1 Å². The van der Waals surface area contributed by atoms with Gasteiger partial charge in [-0.1, -0.05) is 20.8 Å². The van der Waals surface area contributed by atoms with E-state index in [0.29, 0.717) is 13.0 Å². The zero-order valence-corrected chi connectivity index (χ0v) is 12.1. The fourth-order valence-corrected chi connectivity index (χ4v) is 2.75. The van der Waals surface area contributed by atoms with E-state index in [1.807, 2.05) is 5.38 Å². The summed E-state index contributed by atoms with van der Waals surface area (Å²) < 4.78 is 0. The van der Waals surface area contributed by atoms with Gasteiger partial charge in [0.05, 0.1) is 24.1 Å². The molecule has 0 bridgehead atoms. The first kappa shape index (κ1) is 14.0. The summed E-state index contributed by atoms with van der Waals surface area (Å²) in [6.45, 7) is 6.65. The molecule has 1 saturated carbocycles. The van der Waals surface area contributed by atoms with E-state index in [0.717, 1.165) is 10.7 Å². The molecule has 19 heavy (non-hydrogen) atoms. The van der Waals surface area contributed by atoms with Crippen LogP contribution >= 0.6 is 11.3 Å². The van der Waals surface area contributed by atoms with Crippen LogP contribution in [0.1, 0.15) is 37.9 Å². The molecule has 6 heteroatoms. The summed E-state index contributed by atoms with van der Waals surface area (Å²) in [5, 5.41) is 14.4. The standard InChI is InChI=1S/C13H18N2O3S/c1-13(2,3)9-6-19-10(15-9)5-14-11(16)7-4-8(7)12(17)18/h6-8H,4-5H2,1-3H3,(H,14,16)(H,17,18)/t7-,8+/m0/s1. The van der Waals surface area contributed by atoms with Gasteiger partial charge in [0, 0.05) is 10.8 Å². The Bertz CT molecular complexity index is 504. The van der Waals surface area contributed by atoms with Gasteiger partial charge in [0.15, 0.2) is 0 Å². The molecular weight excluding hydrogens is 264 g/mol. The molecule has 0 aromatic carbocycles. The maximum Gasteiger partial charge on any atom is 0.307 e. The largest absolute Gasteiger partial charge is 0.481 e. The number of carbonyl (C=O) groups excluding carboxylic acids is 1. The topological polar surface area (TPSA) is 79.3 Å². The lowest BCUT2D eigenvalue weighted by atomic mass is 9.93. The van der Waals surface area contributed by atoms with Crippen molar-refractivity contribution in [1.29, 1.82) is 0 Å². The Kier molecular flexibility index (Phi) is 3.62. The highest BCUT2D eigenvalue weighted by Gasteiger charge is 2.48. The summed E-state index contributed by atoms with van der Waals surface area (Å²) in [6.07, 6.45) is 0.451. The first-order valence-electron chi connectivity index (χ1n) is 6.24. The second-order valence-corrected chi connectivity index (χ2v) is 6.82. The molecule has 0 radical (unpaired) electrons. The highest BCUT2D eigenvalue weighted by atomic mass is 32.1. The Hall–Kier alpha value is -1.43. The molecule has 1 aromatic heterocycles. The van der Waals surface area contributed by atoms with E-state index in [4.69, 9.17) is 5.11 Å². The summed E-state index contributed by atoms with van der Waals surface area (Å²) in [7, 11) is 0. The second-order valence-electron chi connectivity index (χ2n) is 5.88. The summed E-state index contributed by atoms with van der Waals surface area (Å²) in [6, 6.07) is 0. The van der Waals surface area contributed by atoms with Crippen LogP contribution in [0.15, 0.2) is 5.38 Å². The molecule has 1 amide bonds. The number of hydrogen-bond acceptors (Lipinski definition) is 4. The minimum absolute atomic E-state index is 0.00363. The minimum atomic E-state index is -0.885. The number of nitrogens with zero attached hydrogens (tertiary/aromatic N) is 1. The van der Waals surface area contributed by atoms with Gasteiger partial charge in [-0.2, -0.15) is 0 Å². The van der Waals surface area contributed by atoms with E-state index < -0.39 is 11.9 Å². The van der Waals surface area contributed by atoms with E-state index in [9.17, 15) is 9.59 Å². The van der Waals surface area contributed by atoms with Crippen molar-refractivity contribution in [2.75, 3.05) is 0 Å². The quantitative estimate of drug-likeness (QED) is 0.882. The van der Waals surface area contributed by atoms with E-state index in [2.05, 4.69) is 31.1 Å². The van der Waals surface area contributed by atoms with Crippen LogP contribution in [0.3, 0.4) is 0 Å². The molecule has 1 heterocycles. The summed E-state index contributed by atoms with van der Waals surface area (Å²) in [5.41, 5.74) is 1.01. The summed E-state index contributed by atoms with van der Waals surface area (Å²) >= 11 is 1.52. The van der Waals surface area contributed by atoms with Crippen molar-refractivity contribution in [3.63, 3.8) is 0 Å². The molecule has 2 rings (SSSR count). The normalized spacial score (nSPS) is 22.1. The van der Waals surface area contributed by atoms with Crippen LogP contribution in [0.2, 0.25) is 0 Å². The third-order valence-corrected chi connectivity index (χ3v) is 4.03. The Labute approximate surface area is 116 Å². The number of aromatic nitrogens is 1. The van der Waals surface area contributed by atoms with Crippen molar-refractivity contribution in [3.8, 4) is 0 Å². The highest BCUT2D eigenvalue weighted by molar-refractivity contribution is 7.09. The SMILES string of the molecule is CC(C)(C)c1csc(CNC(=O)[C@H]2C[C@H]2C(=O)O)n1. The number of aliphatic carboxylic acids is 1. The van der Waals surface area contributed by atoms with Crippen molar-refractivity contribution in [2.45, 2.75) is 39.2 Å². The number of rotatable bonds is 4. The van der Waals surface area contributed by atoms with Crippen LogP contribution in [0.4, 0.5) is 0 Å².